The van der Waals surface area contributed by atoms with Gasteiger partial charge < -0.3 is 10.6 Å². The molecule has 0 radical (unpaired) electrons. The minimum Gasteiger partial charge on any atom is -0.355 e. The highest BCUT2D eigenvalue weighted by Crippen LogP contribution is 2.23. The molecule has 0 unspecified atom stereocenters. The van der Waals surface area contributed by atoms with Gasteiger partial charge in [-0.2, -0.15) is 5.10 Å². The monoisotopic (exact) mass is 236 g/mol. The Kier molecular flexibility index (Phi) is 4.87. The highest BCUT2D eigenvalue weighted by atomic mass is 15.3. The fraction of sp³-hybridized carbons (Fsp3) is 0.692. The number of rotatable bonds is 5. The molecule has 0 aliphatic heterocycles. The van der Waals surface area contributed by atoms with Crippen molar-refractivity contribution in [1.82, 2.24) is 10.2 Å². The number of aryl methyl sites for hydroxylation is 1. The van der Waals surface area contributed by atoms with Crippen LogP contribution in [-0.2, 0) is 6.54 Å². The van der Waals surface area contributed by atoms with Crippen LogP contribution in [0, 0.1) is 13.8 Å². The molecule has 0 aliphatic carbocycles. The molecule has 4 nitrogen and oxygen atoms in total. The maximum absolute atomic E-state index is 5.85. The summed E-state index contributed by atoms with van der Waals surface area (Å²) in [5.74, 6) is 0.935. The van der Waals surface area contributed by atoms with E-state index in [1.807, 2.05) is 6.92 Å². The first-order valence-electron chi connectivity index (χ1n) is 6.32. The number of hydrogen-bond donors (Lipinski definition) is 1. The van der Waals surface area contributed by atoms with Crippen molar-refractivity contribution < 1.29 is 0 Å². The predicted molar refractivity (Wildman–Crippen MR) is 72.2 cm³/mol. The molecule has 4 heteroatoms. The van der Waals surface area contributed by atoms with Crippen LogP contribution in [-0.4, -0.2) is 23.3 Å². The van der Waals surface area contributed by atoms with E-state index in [9.17, 15) is 0 Å². The van der Waals surface area contributed by atoms with Crippen LogP contribution < -0.4 is 10.6 Å². The standard InChI is InChI=1S/C13H24N4/c1-6-11(7-2)17(5)13-12(8-14)9(3)10(4)15-16-13/h11H,6-8,14H2,1-5H3. The summed E-state index contributed by atoms with van der Waals surface area (Å²) in [6.45, 7) is 8.95. The van der Waals surface area contributed by atoms with E-state index in [0.29, 0.717) is 12.6 Å². The van der Waals surface area contributed by atoms with E-state index in [4.69, 9.17) is 5.73 Å². The van der Waals surface area contributed by atoms with E-state index in [2.05, 4.69) is 42.9 Å². The Morgan fingerprint density at radius 1 is 1.18 bits per heavy atom. The van der Waals surface area contributed by atoms with Crippen LogP contribution in [0.3, 0.4) is 0 Å². The molecule has 0 spiro atoms. The van der Waals surface area contributed by atoms with Gasteiger partial charge in [0.2, 0.25) is 0 Å². The van der Waals surface area contributed by atoms with Gasteiger partial charge in [0.05, 0.1) is 5.69 Å². The normalized spacial score (nSPS) is 11.0. The Bertz CT molecular complexity index is 372. The second-order valence-electron chi connectivity index (χ2n) is 4.50. The Balaban J connectivity index is 3.17. The third-order valence-corrected chi connectivity index (χ3v) is 3.59. The zero-order valence-corrected chi connectivity index (χ0v) is 11.6. The van der Waals surface area contributed by atoms with Crippen molar-refractivity contribution in [2.75, 3.05) is 11.9 Å². The third kappa shape index (κ3) is 2.75. The second kappa shape index (κ2) is 5.96. The molecule has 0 saturated heterocycles. The molecule has 1 heterocycles. The van der Waals surface area contributed by atoms with E-state index < -0.39 is 0 Å². The molecule has 1 aromatic rings. The Hall–Kier alpha value is -1.16. The van der Waals surface area contributed by atoms with Gasteiger partial charge in [0, 0.05) is 25.2 Å². The molecule has 0 bridgehead atoms. The van der Waals surface area contributed by atoms with E-state index >= 15 is 0 Å². The first kappa shape index (κ1) is 13.9. The summed E-state index contributed by atoms with van der Waals surface area (Å²) < 4.78 is 0. The van der Waals surface area contributed by atoms with Crippen molar-refractivity contribution in [3.63, 3.8) is 0 Å². The number of anilines is 1. The first-order chi connectivity index (χ1) is 8.06. The van der Waals surface area contributed by atoms with Gasteiger partial charge in [-0.25, -0.2) is 0 Å². The summed E-state index contributed by atoms with van der Waals surface area (Å²) in [5.41, 5.74) is 9.09. The van der Waals surface area contributed by atoms with Crippen LogP contribution in [0.5, 0.6) is 0 Å². The number of nitrogens with two attached hydrogens (primary N) is 1. The lowest BCUT2D eigenvalue weighted by molar-refractivity contribution is 0.581. The van der Waals surface area contributed by atoms with Crippen molar-refractivity contribution in [2.24, 2.45) is 5.73 Å². The Morgan fingerprint density at radius 2 is 1.76 bits per heavy atom. The van der Waals surface area contributed by atoms with Gasteiger partial charge in [-0.1, -0.05) is 13.8 Å². The molecule has 1 aromatic heterocycles. The lowest BCUT2D eigenvalue weighted by Crippen LogP contribution is -2.33. The molecular weight excluding hydrogens is 212 g/mol. The van der Waals surface area contributed by atoms with Crippen LogP contribution in [0.1, 0.15) is 43.5 Å². The smallest absolute Gasteiger partial charge is 0.156 e. The topological polar surface area (TPSA) is 55.0 Å². The van der Waals surface area contributed by atoms with Crippen molar-refractivity contribution >= 4 is 5.82 Å². The minimum absolute atomic E-state index is 0.497. The van der Waals surface area contributed by atoms with Crippen LogP contribution in [0.15, 0.2) is 0 Å². The lowest BCUT2D eigenvalue weighted by atomic mass is 10.1. The lowest BCUT2D eigenvalue weighted by Gasteiger charge is -2.29. The average Bonchev–Trinajstić information content (AvgIpc) is 2.33. The summed E-state index contributed by atoms with van der Waals surface area (Å²) in [5, 5.41) is 8.53. The third-order valence-electron chi connectivity index (χ3n) is 3.59. The van der Waals surface area contributed by atoms with Gasteiger partial charge in [0.25, 0.3) is 0 Å². The van der Waals surface area contributed by atoms with E-state index in [1.165, 1.54) is 0 Å². The summed E-state index contributed by atoms with van der Waals surface area (Å²) in [4.78, 5) is 2.21. The predicted octanol–water partition coefficient (Wildman–Crippen LogP) is 2.18. The average molecular weight is 236 g/mol. The van der Waals surface area contributed by atoms with Crippen molar-refractivity contribution in [3.05, 3.63) is 16.8 Å². The van der Waals surface area contributed by atoms with Crippen molar-refractivity contribution in [2.45, 2.75) is 53.1 Å². The van der Waals surface area contributed by atoms with E-state index in [1.54, 1.807) is 0 Å². The van der Waals surface area contributed by atoms with Crippen molar-refractivity contribution in [3.8, 4) is 0 Å². The molecule has 1 rings (SSSR count). The summed E-state index contributed by atoms with van der Waals surface area (Å²) >= 11 is 0. The van der Waals surface area contributed by atoms with Gasteiger partial charge >= 0.3 is 0 Å². The van der Waals surface area contributed by atoms with Crippen LogP contribution >= 0.6 is 0 Å². The van der Waals surface area contributed by atoms with Crippen LogP contribution in [0.2, 0.25) is 0 Å². The van der Waals surface area contributed by atoms with Gasteiger partial charge in [-0.3, -0.25) is 0 Å². The molecule has 0 amide bonds. The molecule has 96 valence electrons. The zero-order chi connectivity index (χ0) is 13.0. The van der Waals surface area contributed by atoms with Gasteiger partial charge in [0.15, 0.2) is 5.82 Å². The maximum atomic E-state index is 5.85. The fourth-order valence-corrected chi connectivity index (χ4v) is 2.18. The Morgan fingerprint density at radius 3 is 2.24 bits per heavy atom. The van der Waals surface area contributed by atoms with Gasteiger partial charge in [-0.15, -0.1) is 5.10 Å². The molecule has 0 aromatic carbocycles. The largest absolute Gasteiger partial charge is 0.355 e. The fourth-order valence-electron chi connectivity index (χ4n) is 2.18. The Labute approximate surface area is 104 Å². The zero-order valence-electron chi connectivity index (χ0n) is 11.6. The van der Waals surface area contributed by atoms with Crippen molar-refractivity contribution in [1.29, 1.82) is 0 Å². The van der Waals surface area contributed by atoms with E-state index in [-0.39, 0.29) is 0 Å². The number of aromatic nitrogens is 2. The first-order valence-corrected chi connectivity index (χ1v) is 6.32. The molecule has 0 aliphatic rings. The molecule has 2 N–H and O–H groups in total. The summed E-state index contributed by atoms with van der Waals surface area (Å²) in [6, 6.07) is 0.497. The molecule has 0 saturated carbocycles. The number of nitrogens with zero attached hydrogens (tertiary/aromatic N) is 3. The second-order valence-corrected chi connectivity index (χ2v) is 4.50. The molecule has 0 atom stereocenters. The number of hydrogen-bond acceptors (Lipinski definition) is 4. The van der Waals surface area contributed by atoms with E-state index in [0.717, 1.165) is 35.5 Å². The minimum atomic E-state index is 0.497. The van der Waals surface area contributed by atoms with Crippen LogP contribution in [0.25, 0.3) is 0 Å². The van der Waals surface area contributed by atoms with Gasteiger partial charge in [0.1, 0.15) is 0 Å². The maximum Gasteiger partial charge on any atom is 0.156 e. The SMILES string of the molecule is CCC(CC)N(C)c1nnc(C)c(C)c1CN. The summed E-state index contributed by atoms with van der Waals surface area (Å²) in [7, 11) is 2.08. The molecule has 17 heavy (non-hydrogen) atoms. The summed E-state index contributed by atoms with van der Waals surface area (Å²) in [6.07, 6.45) is 2.21. The highest BCUT2D eigenvalue weighted by Gasteiger charge is 2.18. The van der Waals surface area contributed by atoms with Gasteiger partial charge in [-0.05, 0) is 32.3 Å². The highest BCUT2D eigenvalue weighted by molar-refractivity contribution is 5.50. The van der Waals surface area contributed by atoms with Crippen LogP contribution in [0.4, 0.5) is 5.82 Å². The quantitative estimate of drug-likeness (QED) is 0.851. The molecular formula is C13H24N4. The molecule has 0 fully saturated rings.